The number of carbonyl (C=O) groups is 2. The van der Waals surface area contributed by atoms with E-state index in [1.807, 2.05) is 25.1 Å². The molecular formula is C27H35FN2O4. The zero-order valence-electron chi connectivity index (χ0n) is 20.3. The summed E-state index contributed by atoms with van der Waals surface area (Å²) < 4.78 is 24.1. The molecule has 0 aliphatic heterocycles. The number of ether oxygens (including phenoxy) is 2. The largest absolute Gasteiger partial charge is 0.493 e. The minimum Gasteiger partial charge on any atom is -0.493 e. The van der Waals surface area contributed by atoms with Gasteiger partial charge in [-0.1, -0.05) is 38.0 Å². The maximum atomic E-state index is 13.4. The van der Waals surface area contributed by atoms with Crippen LogP contribution in [0, 0.1) is 5.82 Å². The number of aryl methyl sites for hydroxylation is 1. The molecule has 1 atom stereocenters. The van der Waals surface area contributed by atoms with Crippen LogP contribution in [0.1, 0.15) is 56.6 Å². The van der Waals surface area contributed by atoms with Crippen LogP contribution in [-0.4, -0.2) is 43.0 Å². The lowest BCUT2D eigenvalue weighted by atomic mass is 10.0. The number of nitrogens with one attached hydrogen (secondary N) is 1. The van der Waals surface area contributed by atoms with E-state index in [2.05, 4.69) is 5.32 Å². The number of methoxy groups -OCH3 is 2. The van der Waals surface area contributed by atoms with Gasteiger partial charge < -0.3 is 19.7 Å². The molecule has 2 aromatic rings. The number of rotatable bonds is 11. The third kappa shape index (κ3) is 6.72. The van der Waals surface area contributed by atoms with Crippen LogP contribution in [-0.2, 0) is 22.6 Å². The van der Waals surface area contributed by atoms with E-state index in [9.17, 15) is 14.0 Å². The number of hydrogen-bond donors (Lipinski definition) is 1. The molecule has 1 N–H and O–H groups in total. The standard InChI is InChI=1S/C27H35FN2O4/c1-4-23(27(32)29-22-7-5-6-8-22)30(18-20-9-13-21(28)14-10-20)26(31)16-12-19-11-15-24(33-2)25(17-19)34-3/h9-11,13-15,17,22-23H,4-8,12,16,18H2,1-3H3,(H,29,32)/t23-/m0/s1. The first-order chi connectivity index (χ1) is 16.4. The van der Waals surface area contributed by atoms with Crippen molar-refractivity contribution in [2.75, 3.05) is 14.2 Å². The third-order valence-corrected chi connectivity index (χ3v) is 6.43. The maximum absolute atomic E-state index is 13.4. The molecule has 2 amide bonds. The zero-order chi connectivity index (χ0) is 24.5. The van der Waals surface area contributed by atoms with Crippen molar-refractivity contribution in [3.8, 4) is 11.5 Å². The fraction of sp³-hybridized carbons (Fsp3) is 0.481. The Bertz CT molecular complexity index is 958. The smallest absolute Gasteiger partial charge is 0.243 e. The second kappa shape index (κ2) is 12.4. The van der Waals surface area contributed by atoms with Crippen LogP contribution >= 0.6 is 0 Å². The minimum atomic E-state index is -0.580. The normalized spacial score (nSPS) is 14.5. The van der Waals surface area contributed by atoms with E-state index < -0.39 is 6.04 Å². The van der Waals surface area contributed by atoms with E-state index >= 15 is 0 Å². The Kier molecular flexibility index (Phi) is 9.31. The predicted molar refractivity (Wildman–Crippen MR) is 129 cm³/mol. The summed E-state index contributed by atoms with van der Waals surface area (Å²) in [6.45, 7) is 2.17. The lowest BCUT2D eigenvalue weighted by Crippen LogP contribution is -2.51. The van der Waals surface area contributed by atoms with Crippen LogP contribution in [0.3, 0.4) is 0 Å². The van der Waals surface area contributed by atoms with Gasteiger partial charge in [-0.05, 0) is 61.1 Å². The molecule has 1 fully saturated rings. The van der Waals surface area contributed by atoms with Crippen molar-refractivity contribution in [2.45, 2.75) is 70.5 Å². The molecular weight excluding hydrogens is 435 g/mol. The Morgan fingerprint density at radius 1 is 1.03 bits per heavy atom. The highest BCUT2D eigenvalue weighted by molar-refractivity contribution is 5.88. The van der Waals surface area contributed by atoms with E-state index in [1.54, 1.807) is 31.3 Å². The van der Waals surface area contributed by atoms with Crippen molar-refractivity contribution in [1.29, 1.82) is 0 Å². The summed E-state index contributed by atoms with van der Waals surface area (Å²) in [4.78, 5) is 28.2. The van der Waals surface area contributed by atoms with Crippen LogP contribution < -0.4 is 14.8 Å². The van der Waals surface area contributed by atoms with Crippen molar-refractivity contribution < 1.29 is 23.5 Å². The second-order valence-corrected chi connectivity index (χ2v) is 8.75. The van der Waals surface area contributed by atoms with E-state index in [-0.39, 0.29) is 36.6 Å². The third-order valence-electron chi connectivity index (χ3n) is 6.43. The molecule has 0 unspecified atom stereocenters. The minimum absolute atomic E-state index is 0.115. The number of halogens is 1. The molecule has 3 rings (SSSR count). The van der Waals surface area contributed by atoms with Crippen LogP contribution in [0.2, 0.25) is 0 Å². The Morgan fingerprint density at radius 2 is 1.68 bits per heavy atom. The lowest BCUT2D eigenvalue weighted by molar-refractivity contribution is -0.141. The molecule has 0 saturated heterocycles. The second-order valence-electron chi connectivity index (χ2n) is 8.75. The summed E-state index contributed by atoms with van der Waals surface area (Å²) in [5.74, 6) is 0.674. The van der Waals surface area contributed by atoms with E-state index in [1.165, 1.54) is 12.1 Å². The lowest BCUT2D eigenvalue weighted by Gasteiger charge is -2.31. The van der Waals surface area contributed by atoms with Gasteiger partial charge >= 0.3 is 0 Å². The molecule has 0 aromatic heterocycles. The fourth-order valence-corrected chi connectivity index (χ4v) is 4.50. The van der Waals surface area contributed by atoms with Gasteiger partial charge in [0, 0.05) is 19.0 Å². The summed E-state index contributed by atoms with van der Waals surface area (Å²) in [5, 5.41) is 3.14. The van der Waals surface area contributed by atoms with Gasteiger partial charge in [0.05, 0.1) is 14.2 Å². The predicted octanol–water partition coefficient (Wildman–Crippen LogP) is 4.64. The van der Waals surface area contributed by atoms with Gasteiger partial charge in [-0.3, -0.25) is 9.59 Å². The van der Waals surface area contributed by atoms with Crippen molar-refractivity contribution in [1.82, 2.24) is 10.2 Å². The van der Waals surface area contributed by atoms with Gasteiger partial charge in [-0.15, -0.1) is 0 Å². The molecule has 0 radical (unpaired) electrons. The van der Waals surface area contributed by atoms with Gasteiger partial charge in [-0.2, -0.15) is 0 Å². The molecule has 7 heteroatoms. The van der Waals surface area contributed by atoms with Crippen molar-refractivity contribution in [3.05, 3.63) is 59.4 Å². The zero-order valence-corrected chi connectivity index (χ0v) is 20.3. The molecule has 1 saturated carbocycles. The molecule has 34 heavy (non-hydrogen) atoms. The fourth-order valence-electron chi connectivity index (χ4n) is 4.50. The topological polar surface area (TPSA) is 67.9 Å². The van der Waals surface area contributed by atoms with Gasteiger partial charge in [0.15, 0.2) is 11.5 Å². The summed E-state index contributed by atoms with van der Waals surface area (Å²) >= 11 is 0. The highest BCUT2D eigenvalue weighted by Gasteiger charge is 2.30. The molecule has 0 spiro atoms. The van der Waals surface area contributed by atoms with E-state index in [0.717, 1.165) is 36.8 Å². The molecule has 184 valence electrons. The van der Waals surface area contributed by atoms with Crippen LogP contribution in [0.15, 0.2) is 42.5 Å². The first-order valence-electron chi connectivity index (χ1n) is 12.0. The summed E-state index contributed by atoms with van der Waals surface area (Å²) in [7, 11) is 3.15. The summed E-state index contributed by atoms with van der Waals surface area (Å²) in [5.41, 5.74) is 1.73. The van der Waals surface area contributed by atoms with Crippen LogP contribution in [0.25, 0.3) is 0 Å². The maximum Gasteiger partial charge on any atom is 0.243 e. The number of hydrogen-bond acceptors (Lipinski definition) is 4. The molecule has 0 heterocycles. The molecule has 2 aromatic carbocycles. The quantitative estimate of drug-likeness (QED) is 0.520. The molecule has 1 aliphatic carbocycles. The average Bonchev–Trinajstić information content (AvgIpc) is 3.36. The summed E-state index contributed by atoms with van der Waals surface area (Å²) in [6.07, 6.45) is 5.43. The van der Waals surface area contributed by atoms with Gasteiger partial charge in [-0.25, -0.2) is 4.39 Å². The monoisotopic (exact) mass is 470 g/mol. The molecule has 6 nitrogen and oxygen atoms in total. The van der Waals surface area contributed by atoms with Crippen molar-refractivity contribution in [2.24, 2.45) is 0 Å². The van der Waals surface area contributed by atoms with E-state index in [0.29, 0.717) is 24.3 Å². The first-order valence-corrected chi connectivity index (χ1v) is 12.0. The summed E-state index contributed by atoms with van der Waals surface area (Å²) in [6, 6.07) is 11.3. The van der Waals surface area contributed by atoms with Gasteiger partial charge in [0.25, 0.3) is 0 Å². The highest BCUT2D eigenvalue weighted by atomic mass is 19.1. The number of nitrogens with zero attached hydrogens (tertiary/aromatic N) is 1. The molecule has 0 bridgehead atoms. The SMILES string of the molecule is CC[C@@H](C(=O)NC1CCCC1)N(Cc1ccc(F)cc1)C(=O)CCc1ccc(OC)c(OC)c1. The number of carbonyl (C=O) groups excluding carboxylic acids is 2. The number of benzene rings is 2. The first kappa shape index (κ1) is 25.5. The highest BCUT2D eigenvalue weighted by Crippen LogP contribution is 2.28. The Morgan fingerprint density at radius 3 is 2.29 bits per heavy atom. The Balaban J connectivity index is 1.76. The van der Waals surface area contributed by atoms with Gasteiger partial charge in [0.2, 0.25) is 11.8 Å². The van der Waals surface area contributed by atoms with Gasteiger partial charge in [0.1, 0.15) is 11.9 Å². The van der Waals surface area contributed by atoms with Crippen molar-refractivity contribution >= 4 is 11.8 Å². The average molecular weight is 471 g/mol. The number of amides is 2. The van der Waals surface area contributed by atoms with Crippen molar-refractivity contribution in [3.63, 3.8) is 0 Å². The Hall–Kier alpha value is -3.09. The van der Waals surface area contributed by atoms with Crippen LogP contribution in [0.4, 0.5) is 4.39 Å². The van der Waals surface area contributed by atoms with Crippen LogP contribution in [0.5, 0.6) is 11.5 Å². The molecule has 1 aliphatic rings. The van der Waals surface area contributed by atoms with E-state index in [4.69, 9.17) is 9.47 Å². The Labute approximate surface area is 201 Å².